The van der Waals surface area contributed by atoms with E-state index in [9.17, 15) is 5.11 Å². The molecule has 1 aromatic rings. The fourth-order valence-corrected chi connectivity index (χ4v) is 4.36. The summed E-state index contributed by atoms with van der Waals surface area (Å²) in [6.07, 6.45) is 5.23. The molecule has 82 valence electrons. The summed E-state index contributed by atoms with van der Waals surface area (Å²) < 4.78 is 0. The summed E-state index contributed by atoms with van der Waals surface area (Å²) in [7, 11) is 0. The lowest BCUT2D eigenvalue weighted by molar-refractivity contribution is 0.0744. The zero-order valence-electron chi connectivity index (χ0n) is 9.15. The summed E-state index contributed by atoms with van der Waals surface area (Å²) >= 11 is 1.75. The van der Waals surface area contributed by atoms with Gasteiger partial charge in [0.25, 0.3) is 0 Å². The summed E-state index contributed by atoms with van der Waals surface area (Å²) in [6, 6.07) is 2.11. The Morgan fingerprint density at radius 1 is 1.40 bits per heavy atom. The topological polar surface area (TPSA) is 20.2 Å². The monoisotopic (exact) mass is 222 g/mol. The molecule has 1 aromatic heterocycles. The molecule has 0 radical (unpaired) electrons. The third-order valence-corrected chi connectivity index (χ3v) is 5.28. The molecule has 4 atom stereocenters. The predicted molar refractivity (Wildman–Crippen MR) is 63.0 cm³/mol. The molecule has 2 heteroatoms. The molecule has 2 saturated carbocycles. The molecule has 3 rings (SSSR count). The van der Waals surface area contributed by atoms with Crippen molar-refractivity contribution >= 4 is 11.3 Å². The Balaban J connectivity index is 1.81. The lowest BCUT2D eigenvalue weighted by atomic mass is 9.82. The number of hydrogen-bond acceptors (Lipinski definition) is 2. The molecular formula is C13H18OS. The van der Waals surface area contributed by atoms with Crippen LogP contribution in [0.2, 0.25) is 0 Å². The van der Waals surface area contributed by atoms with E-state index in [0.29, 0.717) is 5.92 Å². The standard InChI is InChI=1S/C13H18OS/c1-8-11(4-5-15-8)13(14)12-7-9-2-3-10(12)6-9/h4-5,9-10,12-14H,2-3,6-7H2,1H3. The number of fused-ring (bicyclic) bond motifs is 2. The number of aliphatic hydroxyl groups excluding tert-OH is 1. The minimum atomic E-state index is -0.188. The molecule has 0 aromatic carbocycles. The highest BCUT2D eigenvalue weighted by molar-refractivity contribution is 7.10. The first-order chi connectivity index (χ1) is 7.25. The average Bonchev–Trinajstić information content (AvgIpc) is 2.91. The van der Waals surface area contributed by atoms with Crippen molar-refractivity contribution in [1.82, 2.24) is 0 Å². The first-order valence-electron chi connectivity index (χ1n) is 5.97. The van der Waals surface area contributed by atoms with Crippen LogP contribution in [0.4, 0.5) is 0 Å². The number of thiophene rings is 1. The van der Waals surface area contributed by atoms with Gasteiger partial charge in [-0.1, -0.05) is 6.42 Å². The fraction of sp³-hybridized carbons (Fsp3) is 0.692. The van der Waals surface area contributed by atoms with Crippen LogP contribution in [0.5, 0.6) is 0 Å². The Labute approximate surface area is 95.1 Å². The van der Waals surface area contributed by atoms with Crippen LogP contribution in [0.3, 0.4) is 0 Å². The van der Waals surface area contributed by atoms with Crippen molar-refractivity contribution in [3.8, 4) is 0 Å². The predicted octanol–water partition coefficient (Wildman–Crippen LogP) is 3.53. The highest BCUT2D eigenvalue weighted by atomic mass is 32.1. The first-order valence-corrected chi connectivity index (χ1v) is 6.85. The van der Waals surface area contributed by atoms with Crippen molar-refractivity contribution in [1.29, 1.82) is 0 Å². The second-order valence-electron chi connectivity index (χ2n) is 5.22. The summed E-state index contributed by atoms with van der Waals surface area (Å²) in [5, 5.41) is 12.5. The summed E-state index contributed by atoms with van der Waals surface area (Å²) in [5.41, 5.74) is 1.19. The number of aryl methyl sites for hydroxylation is 1. The van der Waals surface area contributed by atoms with Crippen LogP contribution < -0.4 is 0 Å². The van der Waals surface area contributed by atoms with Crippen molar-refractivity contribution in [3.05, 3.63) is 21.9 Å². The number of rotatable bonds is 2. The van der Waals surface area contributed by atoms with E-state index >= 15 is 0 Å². The van der Waals surface area contributed by atoms with Gasteiger partial charge in [0.15, 0.2) is 0 Å². The normalized spacial score (nSPS) is 36.0. The van der Waals surface area contributed by atoms with Gasteiger partial charge in [0.05, 0.1) is 6.10 Å². The van der Waals surface area contributed by atoms with Gasteiger partial charge < -0.3 is 5.11 Å². The molecule has 0 saturated heterocycles. The summed E-state index contributed by atoms with van der Waals surface area (Å²) in [5.74, 6) is 2.29. The van der Waals surface area contributed by atoms with E-state index in [1.54, 1.807) is 11.3 Å². The molecular weight excluding hydrogens is 204 g/mol. The average molecular weight is 222 g/mol. The third kappa shape index (κ3) is 1.55. The van der Waals surface area contributed by atoms with E-state index in [2.05, 4.69) is 18.4 Å². The first kappa shape index (κ1) is 9.86. The minimum Gasteiger partial charge on any atom is -0.388 e. The Kier molecular flexibility index (Phi) is 2.37. The molecule has 2 bridgehead atoms. The molecule has 15 heavy (non-hydrogen) atoms. The van der Waals surface area contributed by atoms with Gasteiger partial charge in [-0.25, -0.2) is 0 Å². The fourth-order valence-electron chi connectivity index (χ4n) is 3.61. The van der Waals surface area contributed by atoms with Gasteiger partial charge >= 0.3 is 0 Å². The molecule has 0 spiro atoms. The van der Waals surface area contributed by atoms with E-state index in [-0.39, 0.29) is 6.10 Å². The summed E-state index contributed by atoms with van der Waals surface area (Å²) in [4.78, 5) is 1.30. The Bertz CT molecular complexity index is 357. The Morgan fingerprint density at radius 2 is 2.27 bits per heavy atom. The maximum atomic E-state index is 10.4. The van der Waals surface area contributed by atoms with E-state index < -0.39 is 0 Å². The van der Waals surface area contributed by atoms with Gasteiger partial charge in [0.1, 0.15) is 0 Å². The summed E-state index contributed by atoms with van der Waals surface area (Å²) in [6.45, 7) is 2.12. The van der Waals surface area contributed by atoms with Crippen LogP contribution in [0.15, 0.2) is 11.4 Å². The van der Waals surface area contributed by atoms with Crippen molar-refractivity contribution in [2.75, 3.05) is 0 Å². The van der Waals surface area contributed by atoms with Gasteiger partial charge in [0.2, 0.25) is 0 Å². The molecule has 4 unspecified atom stereocenters. The molecule has 2 aliphatic rings. The largest absolute Gasteiger partial charge is 0.388 e. The van der Waals surface area contributed by atoms with Crippen LogP contribution in [-0.2, 0) is 0 Å². The Morgan fingerprint density at radius 3 is 2.80 bits per heavy atom. The van der Waals surface area contributed by atoms with E-state index in [0.717, 1.165) is 11.8 Å². The zero-order valence-corrected chi connectivity index (χ0v) is 9.96. The molecule has 1 nitrogen and oxygen atoms in total. The van der Waals surface area contributed by atoms with Gasteiger partial charge in [-0.2, -0.15) is 0 Å². The third-order valence-electron chi connectivity index (χ3n) is 4.42. The van der Waals surface area contributed by atoms with Crippen LogP contribution >= 0.6 is 11.3 Å². The Hall–Kier alpha value is -0.340. The van der Waals surface area contributed by atoms with Gasteiger partial charge in [-0.3, -0.25) is 0 Å². The van der Waals surface area contributed by atoms with Crippen LogP contribution in [-0.4, -0.2) is 5.11 Å². The minimum absolute atomic E-state index is 0.188. The smallest absolute Gasteiger partial charge is 0.0831 e. The second-order valence-corrected chi connectivity index (χ2v) is 6.34. The van der Waals surface area contributed by atoms with Gasteiger partial charge in [-0.05, 0) is 60.9 Å². The molecule has 0 aliphatic heterocycles. The maximum Gasteiger partial charge on any atom is 0.0831 e. The van der Waals surface area contributed by atoms with Crippen LogP contribution in [0.25, 0.3) is 0 Å². The molecule has 0 amide bonds. The quantitative estimate of drug-likeness (QED) is 0.811. The van der Waals surface area contributed by atoms with Gasteiger partial charge in [0, 0.05) is 4.88 Å². The van der Waals surface area contributed by atoms with Crippen molar-refractivity contribution in [3.63, 3.8) is 0 Å². The van der Waals surface area contributed by atoms with Crippen molar-refractivity contribution in [2.45, 2.75) is 38.7 Å². The van der Waals surface area contributed by atoms with Crippen molar-refractivity contribution < 1.29 is 5.11 Å². The number of hydrogen-bond donors (Lipinski definition) is 1. The molecule has 2 fully saturated rings. The lowest BCUT2D eigenvalue weighted by Gasteiger charge is -2.26. The highest BCUT2D eigenvalue weighted by Crippen LogP contribution is 2.52. The molecule has 2 aliphatic carbocycles. The van der Waals surface area contributed by atoms with Crippen molar-refractivity contribution in [2.24, 2.45) is 17.8 Å². The molecule has 1 heterocycles. The van der Waals surface area contributed by atoms with E-state index in [1.165, 1.54) is 36.1 Å². The second kappa shape index (κ2) is 3.60. The highest BCUT2D eigenvalue weighted by Gasteiger charge is 2.43. The van der Waals surface area contributed by atoms with Gasteiger partial charge in [-0.15, -0.1) is 11.3 Å². The SMILES string of the molecule is Cc1sccc1C(O)C1CC2CCC1C2. The van der Waals surface area contributed by atoms with Crippen LogP contribution in [0, 0.1) is 24.7 Å². The maximum absolute atomic E-state index is 10.4. The number of aliphatic hydroxyl groups is 1. The van der Waals surface area contributed by atoms with E-state index in [4.69, 9.17) is 0 Å². The van der Waals surface area contributed by atoms with E-state index in [1.807, 2.05) is 0 Å². The zero-order chi connectivity index (χ0) is 10.4. The molecule has 1 N–H and O–H groups in total. The van der Waals surface area contributed by atoms with Crippen LogP contribution in [0.1, 0.15) is 42.2 Å². The lowest BCUT2D eigenvalue weighted by Crippen LogP contribution is -2.19.